The third-order valence-corrected chi connectivity index (χ3v) is 1.29. The van der Waals surface area contributed by atoms with E-state index in [4.69, 9.17) is 10.2 Å². The lowest BCUT2D eigenvalue weighted by Gasteiger charge is -1.97. The van der Waals surface area contributed by atoms with E-state index in [-0.39, 0.29) is 23.4 Å². The van der Waals surface area contributed by atoms with Crippen molar-refractivity contribution in [3.05, 3.63) is 15.5 Å². The number of hydrogen-bond donors (Lipinski definition) is 1. The van der Waals surface area contributed by atoms with Gasteiger partial charge in [-0.1, -0.05) is 10.3 Å². The Bertz CT molecular complexity index is 489. The van der Waals surface area contributed by atoms with Crippen molar-refractivity contribution in [3.63, 3.8) is 0 Å². The van der Waals surface area contributed by atoms with E-state index in [0.717, 1.165) is 0 Å². The second kappa shape index (κ2) is 3.21. The van der Waals surface area contributed by atoms with Gasteiger partial charge in [0.1, 0.15) is 0 Å². The van der Waals surface area contributed by atoms with E-state index >= 15 is 0 Å². The van der Waals surface area contributed by atoms with Gasteiger partial charge in [0.05, 0.1) is 10.9 Å². The lowest BCUT2D eigenvalue weighted by Crippen LogP contribution is -1.88. The molecule has 2 aromatic heterocycles. The Morgan fingerprint density at radius 1 is 1.40 bits per heavy atom. The summed E-state index contributed by atoms with van der Waals surface area (Å²) in [6.45, 7) is 0. The molecule has 0 unspecified atom stereocenters. The zero-order valence-electron chi connectivity index (χ0n) is 6.89. The summed E-state index contributed by atoms with van der Waals surface area (Å²) >= 11 is 0. The van der Waals surface area contributed by atoms with Gasteiger partial charge < -0.3 is 14.8 Å². The van der Waals surface area contributed by atoms with E-state index in [2.05, 4.69) is 30.6 Å². The predicted molar refractivity (Wildman–Crippen MR) is 42.0 cm³/mol. The third kappa shape index (κ3) is 1.65. The van der Waals surface area contributed by atoms with Gasteiger partial charge in [-0.15, -0.1) is 10.5 Å². The monoisotopic (exact) mass is 212 g/mol. The highest BCUT2D eigenvalue weighted by Crippen LogP contribution is 2.28. The maximum absolute atomic E-state index is 10.1. The van der Waals surface area contributed by atoms with Crippen molar-refractivity contribution in [1.29, 1.82) is 0 Å². The van der Waals surface area contributed by atoms with E-state index in [1.54, 1.807) is 0 Å². The van der Waals surface area contributed by atoms with Crippen LogP contribution in [0.4, 0.5) is 11.8 Å². The Morgan fingerprint density at radius 3 is 2.80 bits per heavy atom. The van der Waals surface area contributed by atoms with Gasteiger partial charge in [-0.25, -0.2) is 0 Å². The highest BCUT2D eigenvalue weighted by atomic mass is 16.7. The van der Waals surface area contributed by atoms with Gasteiger partial charge >= 0.3 is 6.01 Å². The fraction of sp³-hybridized carbons (Fsp3) is 0. The molecule has 0 aliphatic rings. The van der Waals surface area contributed by atoms with Crippen LogP contribution < -0.4 is 5.73 Å². The Labute approximate surface area is 80.3 Å². The van der Waals surface area contributed by atoms with E-state index in [9.17, 15) is 10.1 Å². The zero-order valence-corrected chi connectivity index (χ0v) is 6.89. The first kappa shape index (κ1) is 8.86. The van der Waals surface area contributed by atoms with Crippen LogP contribution >= 0.6 is 0 Å². The number of nitrogen functional groups attached to an aromatic ring is 1. The quantitative estimate of drug-likeness (QED) is 0.540. The topological polar surface area (TPSA) is 161 Å². The molecule has 0 atom stereocenters. The van der Waals surface area contributed by atoms with E-state index in [0.29, 0.717) is 0 Å². The summed E-state index contributed by atoms with van der Waals surface area (Å²) in [5.41, 5.74) is 7.90. The van der Waals surface area contributed by atoms with Crippen LogP contribution in [-0.4, -0.2) is 25.5 Å². The van der Waals surface area contributed by atoms with Crippen molar-refractivity contribution in [2.45, 2.75) is 0 Å². The van der Waals surface area contributed by atoms with Gasteiger partial charge in [-0.3, -0.25) is 15.3 Å². The molecule has 0 aliphatic heterocycles. The van der Waals surface area contributed by atoms with E-state index in [1.165, 1.54) is 0 Å². The Balaban J connectivity index is 2.36. The standard InChI is InChI=1S/C4H2N7O4/c5-4-7-6-3(14-4)1-2(8-11(12)13)10-15-9-1/h(H2-,5,7,8,10)/q-1. The first-order valence-electron chi connectivity index (χ1n) is 3.45. The molecule has 2 rings (SSSR count). The van der Waals surface area contributed by atoms with Crippen molar-refractivity contribution in [2.24, 2.45) is 0 Å². The Hall–Kier alpha value is -2.72. The Morgan fingerprint density at radius 2 is 2.20 bits per heavy atom. The average Bonchev–Trinajstić information content (AvgIpc) is 2.72. The molecule has 2 aromatic rings. The summed E-state index contributed by atoms with van der Waals surface area (Å²) in [7, 11) is 0. The van der Waals surface area contributed by atoms with Crippen molar-refractivity contribution < 1.29 is 14.1 Å². The summed E-state index contributed by atoms with van der Waals surface area (Å²) in [6, 6.07) is -0.208. The minimum atomic E-state index is -0.956. The number of aromatic nitrogens is 4. The van der Waals surface area contributed by atoms with Gasteiger partial charge in [0.15, 0.2) is 5.69 Å². The molecule has 0 saturated carbocycles. The highest BCUT2D eigenvalue weighted by molar-refractivity contribution is 5.64. The molecule has 0 spiro atoms. The summed E-state index contributed by atoms with van der Waals surface area (Å²) in [5, 5.41) is 22.4. The van der Waals surface area contributed by atoms with E-state index < -0.39 is 5.03 Å². The second-order valence-electron chi connectivity index (χ2n) is 2.22. The smallest absolute Gasteiger partial charge is 0.313 e. The number of hydrogen-bond acceptors (Lipinski definition) is 9. The minimum Gasteiger partial charge on any atom is -0.402 e. The molecule has 0 radical (unpaired) electrons. The average molecular weight is 212 g/mol. The molecule has 0 aromatic carbocycles. The number of anilines is 1. The van der Waals surface area contributed by atoms with Crippen LogP contribution in [0, 0.1) is 10.1 Å². The lowest BCUT2D eigenvalue weighted by molar-refractivity contribution is -0.419. The molecule has 0 aliphatic carbocycles. The maximum Gasteiger partial charge on any atom is 0.313 e. The number of nitrogens with zero attached hydrogens (tertiary/aromatic N) is 6. The fourth-order valence-corrected chi connectivity index (χ4v) is 0.792. The highest BCUT2D eigenvalue weighted by Gasteiger charge is 2.14. The minimum absolute atomic E-state index is 0.143. The molecule has 78 valence electrons. The molecule has 0 bridgehead atoms. The van der Waals surface area contributed by atoms with Crippen LogP contribution in [0.5, 0.6) is 0 Å². The lowest BCUT2D eigenvalue weighted by atomic mass is 10.4. The number of nitro groups is 1. The first-order chi connectivity index (χ1) is 7.16. The SMILES string of the molecule is Nc1nnc(-c2nonc2[N-][N+](=O)[O-])o1. The molecule has 0 saturated heterocycles. The van der Waals surface area contributed by atoms with Crippen molar-refractivity contribution in [2.75, 3.05) is 5.73 Å². The van der Waals surface area contributed by atoms with Crippen LogP contribution in [0.2, 0.25) is 0 Å². The predicted octanol–water partition coefficient (Wildman–Crippen LogP) is -0.101. The van der Waals surface area contributed by atoms with Crippen LogP contribution in [0.3, 0.4) is 0 Å². The maximum atomic E-state index is 10.1. The number of nitrogens with two attached hydrogens (primary N) is 1. The molecular weight excluding hydrogens is 210 g/mol. The molecule has 11 nitrogen and oxygen atoms in total. The largest absolute Gasteiger partial charge is 0.402 e. The summed E-state index contributed by atoms with van der Waals surface area (Å²) in [4.78, 5) is 10.1. The molecule has 15 heavy (non-hydrogen) atoms. The Kier molecular flexibility index (Phi) is 1.89. The molecule has 11 heteroatoms. The second-order valence-corrected chi connectivity index (χ2v) is 2.22. The van der Waals surface area contributed by atoms with Crippen LogP contribution in [0.15, 0.2) is 9.05 Å². The van der Waals surface area contributed by atoms with Crippen LogP contribution in [-0.2, 0) is 0 Å². The first-order valence-corrected chi connectivity index (χ1v) is 3.45. The summed E-state index contributed by atoms with van der Waals surface area (Å²) in [6.07, 6.45) is 0. The van der Waals surface area contributed by atoms with Crippen molar-refractivity contribution in [1.82, 2.24) is 20.5 Å². The summed E-state index contributed by atoms with van der Waals surface area (Å²) < 4.78 is 9.00. The van der Waals surface area contributed by atoms with Crippen LogP contribution in [0.25, 0.3) is 17.0 Å². The van der Waals surface area contributed by atoms with Crippen molar-refractivity contribution >= 4 is 11.8 Å². The zero-order chi connectivity index (χ0) is 10.8. The molecular formula is C4H2N7O4-. The van der Waals surface area contributed by atoms with Gasteiger partial charge in [0.25, 0.3) is 5.89 Å². The van der Waals surface area contributed by atoms with Gasteiger partial charge in [0, 0.05) is 0 Å². The van der Waals surface area contributed by atoms with Crippen LogP contribution in [0.1, 0.15) is 0 Å². The molecule has 2 heterocycles. The third-order valence-electron chi connectivity index (χ3n) is 1.29. The van der Waals surface area contributed by atoms with Gasteiger partial charge in [-0.2, -0.15) is 0 Å². The molecule has 0 amide bonds. The summed E-state index contributed by atoms with van der Waals surface area (Å²) in [5.74, 6) is -0.530. The normalized spacial score (nSPS) is 10.1. The van der Waals surface area contributed by atoms with Gasteiger partial charge in [-0.05, 0) is 0 Å². The molecule has 2 N–H and O–H groups in total. The van der Waals surface area contributed by atoms with Crippen molar-refractivity contribution in [3.8, 4) is 11.6 Å². The van der Waals surface area contributed by atoms with E-state index in [1.807, 2.05) is 0 Å². The fourth-order valence-electron chi connectivity index (χ4n) is 0.792. The molecule has 0 fully saturated rings. The van der Waals surface area contributed by atoms with Gasteiger partial charge in [0.2, 0.25) is 0 Å². The number of rotatable bonds is 3.